The SMILES string of the molecule is CC1(C)SSC(C)(C)[C@H](C(=O)O)NC(=O)[C@H](Cc2ccccc2)NC(=O)C(CC(F)F)NC(=O)C1NC(=O)[C@@H](N)Cc1ccc(O)cc1. The van der Waals surface area contributed by atoms with E-state index in [-0.39, 0.29) is 18.6 Å². The van der Waals surface area contributed by atoms with E-state index >= 15 is 0 Å². The minimum Gasteiger partial charge on any atom is -0.508 e. The summed E-state index contributed by atoms with van der Waals surface area (Å²) in [4.78, 5) is 66.7. The van der Waals surface area contributed by atoms with Crippen molar-refractivity contribution >= 4 is 51.2 Å². The average Bonchev–Trinajstić information content (AvgIpc) is 3.01. The Morgan fingerprint density at radius 2 is 1.42 bits per heavy atom. The van der Waals surface area contributed by atoms with E-state index in [0.717, 1.165) is 21.6 Å². The Kier molecular flexibility index (Phi) is 13.2. The molecule has 2 unspecified atom stereocenters. The lowest BCUT2D eigenvalue weighted by atomic mass is 9.99. The molecule has 0 saturated carbocycles. The Hall–Kier alpha value is -3.89. The van der Waals surface area contributed by atoms with Gasteiger partial charge in [0.15, 0.2) is 0 Å². The number of amides is 4. The third kappa shape index (κ3) is 10.8. The molecule has 5 atom stereocenters. The molecule has 16 heteroatoms. The lowest BCUT2D eigenvalue weighted by Crippen LogP contribution is -2.63. The third-order valence-electron chi connectivity index (χ3n) is 7.64. The van der Waals surface area contributed by atoms with Crippen molar-refractivity contribution in [1.82, 2.24) is 21.3 Å². The number of carboxylic acids is 1. The van der Waals surface area contributed by atoms with Crippen LogP contribution < -0.4 is 27.0 Å². The second-order valence-electron chi connectivity index (χ2n) is 12.5. The Balaban J connectivity index is 2.01. The van der Waals surface area contributed by atoms with Crippen LogP contribution in [0.2, 0.25) is 0 Å². The van der Waals surface area contributed by atoms with Crippen molar-refractivity contribution in [2.45, 2.75) is 93.1 Å². The predicted octanol–water partition coefficient (Wildman–Crippen LogP) is 2.14. The van der Waals surface area contributed by atoms with Gasteiger partial charge in [-0.1, -0.05) is 64.1 Å². The monoisotopic (exact) mass is 709 g/mol. The van der Waals surface area contributed by atoms with Gasteiger partial charge in [-0.3, -0.25) is 19.2 Å². The number of nitrogens with one attached hydrogen (secondary N) is 4. The summed E-state index contributed by atoms with van der Waals surface area (Å²) >= 11 is 0. The van der Waals surface area contributed by atoms with Crippen LogP contribution in [0.5, 0.6) is 5.75 Å². The molecule has 48 heavy (non-hydrogen) atoms. The van der Waals surface area contributed by atoms with Gasteiger partial charge in [0.05, 0.1) is 10.8 Å². The van der Waals surface area contributed by atoms with E-state index in [1.54, 1.807) is 70.2 Å². The highest BCUT2D eigenvalue weighted by atomic mass is 33.1. The van der Waals surface area contributed by atoms with Crippen LogP contribution >= 0.6 is 21.6 Å². The second-order valence-corrected chi connectivity index (χ2v) is 15.9. The molecule has 0 aromatic heterocycles. The van der Waals surface area contributed by atoms with Crippen LogP contribution in [0, 0.1) is 0 Å². The van der Waals surface area contributed by atoms with Gasteiger partial charge < -0.3 is 37.2 Å². The molecule has 8 N–H and O–H groups in total. The van der Waals surface area contributed by atoms with Crippen LogP contribution in [0.4, 0.5) is 8.78 Å². The summed E-state index contributed by atoms with van der Waals surface area (Å²) in [5, 5.41) is 29.6. The first-order valence-corrected chi connectivity index (χ1v) is 17.2. The normalized spacial score (nSPS) is 24.0. The van der Waals surface area contributed by atoms with Gasteiger partial charge in [-0.25, -0.2) is 13.6 Å². The molecule has 3 rings (SSSR count). The van der Waals surface area contributed by atoms with Crippen LogP contribution in [0.3, 0.4) is 0 Å². The molecular weight excluding hydrogens is 669 g/mol. The number of phenolic OH excluding ortho intramolecular Hbond substituents is 1. The molecule has 1 saturated heterocycles. The van der Waals surface area contributed by atoms with E-state index in [9.17, 15) is 43.0 Å². The van der Waals surface area contributed by atoms with Gasteiger partial charge in [0.25, 0.3) is 0 Å². The number of alkyl halides is 2. The summed E-state index contributed by atoms with van der Waals surface area (Å²) in [5.74, 6) is -5.02. The first-order valence-electron chi connectivity index (χ1n) is 15.1. The number of rotatable bonds is 9. The van der Waals surface area contributed by atoms with Crippen molar-refractivity contribution in [2.75, 3.05) is 0 Å². The zero-order chi connectivity index (χ0) is 35.8. The number of carbonyl (C=O) groups excluding carboxylic acids is 4. The van der Waals surface area contributed by atoms with E-state index in [4.69, 9.17) is 5.73 Å². The molecule has 0 spiro atoms. The molecule has 262 valence electrons. The van der Waals surface area contributed by atoms with Crippen LogP contribution in [-0.2, 0) is 36.8 Å². The van der Waals surface area contributed by atoms with Crippen LogP contribution in [-0.4, -0.2) is 85.9 Å². The van der Waals surface area contributed by atoms with E-state index in [0.29, 0.717) is 11.1 Å². The van der Waals surface area contributed by atoms with Crippen molar-refractivity contribution in [2.24, 2.45) is 5.73 Å². The number of hydrogen-bond acceptors (Lipinski definition) is 9. The molecular formula is C32H41F2N5O7S2. The molecule has 0 bridgehead atoms. The Morgan fingerprint density at radius 3 is 2.00 bits per heavy atom. The number of carboxylic acid groups (broad SMARTS) is 1. The topological polar surface area (TPSA) is 200 Å². The molecule has 0 radical (unpaired) electrons. The van der Waals surface area contributed by atoms with Gasteiger partial charge >= 0.3 is 5.97 Å². The lowest BCUT2D eigenvalue weighted by molar-refractivity contribution is -0.143. The number of aliphatic carboxylic acids is 1. The number of aromatic hydroxyl groups is 1. The number of hydrogen-bond donors (Lipinski definition) is 7. The predicted molar refractivity (Wildman–Crippen MR) is 179 cm³/mol. The fraction of sp³-hybridized carbons (Fsp3) is 0.469. The summed E-state index contributed by atoms with van der Waals surface area (Å²) in [6, 6.07) is 7.17. The highest BCUT2D eigenvalue weighted by Crippen LogP contribution is 2.46. The van der Waals surface area contributed by atoms with Gasteiger partial charge in [-0.15, -0.1) is 0 Å². The van der Waals surface area contributed by atoms with Gasteiger partial charge in [-0.05, 0) is 57.4 Å². The van der Waals surface area contributed by atoms with Crippen molar-refractivity contribution in [3.8, 4) is 5.75 Å². The Morgan fingerprint density at radius 1 is 0.854 bits per heavy atom. The van der Waals surface area contributed by atoms with Gasteiger partial charge in [0, 0.05) is 17.6 Å². The van der Waals surface area contributed by atoms with Crippen LogP contribution in [0.25, 0.3) is 0 Å². The number of benzene rings is 2. The fourth-order valence-electron chi connectivity index (χ4n) is 4.87. The van der Waals surface area contributed by atoms with E-state index < -0.39 is 82.1 Å². The number of carbonyl (C=O) groups is 5. The van der Waals surface area contributed by atoms with Gasteiger partial charge in [-0.2, -0.15) is 0 Å². The Labute approximate surface area is 285 Å². The van der Waals surface area contributed by atoms with Gasteiger partial charge in [0.1, 0.15) is 29.9 Å². The minimum atomic E-state index is -3.04. The maximum atomic E-state index is 13.8. The largest absolute Gasteiger partial charge is 0.508 e. The molecule has 1 aliphatic heterocycles. The summed E-state index contributed by atoms with van der Waals surface area (Å²) < 4.78 is 25.0. The van der Waals surface area contributed by atoms with Crippen molar-refractivity contribution < 1.29 is 43.0 Å². The molecule has 12 nitrogen and oxygen atoms in total. The van der Waals surface area contributed by atoms with E-state index in [2.05, 4.69) is 21.3 Å². The van der Waals surface area contributed by atoms with Crippen molar-refractivity contribution in [3.05, 3.63) is 65.7 Å². The summed E-state index contributed by atoms with van der Waals surface area (Å²) in [7, 11) is 2.07. The average molecular weight is 710 g/mol. The van der Waals surface area contributed by atoms with Crippen LogP contribution in [0.1, 0.15) is 45.2 Å². The summed E-state index contributed by atoms with van der Waals surface area (Å²) in [6.45, 7) is 6.32. The lowest BCUT2D eigenvalue weighted by Gasteiger charge is -2.39. The van der Waals surface area contributed by atoms with Crippen molar-refractivity contribution in [1.29, 1.82) is 0 Å². The zero-order valence-corrected chi connectivity index (χ0v) is 28.5. The minimum absolute atomic E-state index is 0.0193. The van der Waals surface area contributed by atoms with E-state index in [1.807, 2.05) is 0 Å². The quantitative estimate of drug-likeness (QED) is 0.189. The maximum absolute atomic E-state index is 13.8. The third-order valence-corrected chi connectivity index (χ3v) is 11.9. The second kappa shape index (κ2) is 16.5. The fourth-order valence-corrected chi connectivity index (χ4v) is 7.68. The standard InChI is InChI=1S/C32H41F2N5O7S2/c1-31(2)24(38-26(41)20(35)14-18-10-12-19(40)13-11-18)29(44)37-22(16-23(33)34)27(42)36-21(15-17-8-6-5-7-9-17)28(43)39-25(30(45)46)32(3,4)48-47-31/h5-13,20-25,40H,14-16,35H2,1-4H3,(H,36,42)(H,37,44)(H,38,41)(H,39,43)(H,45,46)/t20-,21-,22?,24?,25-/m0/s1. The maximum Gasteiger partial charge on any atom is 0.327 e. The first kappa shape index (κ1) is 38.6. The van der Waals surface area contributed by atoms with Crippen LogP contribution in [0.15, 0.2) is 54.6 Å². The molecule has 1 fully saturated rings. The number of phenols is 1. The first-order chi connectivity index (χ1) is 22.4. The number of halogens is 2. The number of nitrogens with two attached hydrogens (primary N) is 1. The molecule has 1 aliphatic rings. The summed E-state index contributed by atoms with van der Waals surface area (Å²) in [5.41, 5.74) is 7.38. The van der Waals surface area contributed by atoms with Gasteiger partial charge in [0.2, 0.25) is 30.1 Å². The molecule has 0 aliphatic carbocycles. The van der Waals surface area contributed by atoms with E-state index in [1.165, 1.54) is 12.1 Å². The molecule has 4 amide bonds. The van der Waals surface area contributed by atoms with Crippen molar-refractivity contribution in [3.63, 3.8) is 0 Å². The Bertz CT molecular complexity index is 1460. The highest BCUT2D eigenvalue weighted by Gasteiger charge is 2.45. The smallest absolute Gasteiger partial charge is 0.327 e. The molecule has 1 heterocycles. The zero-order valence-electron chi connectivity index (χ0n) is 26.9. The molecule has 2 aromatic carbocycles. The molecule has 2 aromatic rings. The summed E-state index contributed by atoms with van der Waals surface area (Å²) in [6.07, 6.45) is -4.21. The highest BCUT2D eigenvalue weighted by molar-refractivity contribution is 8.77.